The van der Waals surface area contributed by atoms with E-state index in [2.05, 4.69) is 20.3 Å². The van der Waals surface area contributed by atoms with Crippen LogP contribution in [0.25, 0.3) is 11.0 Å². The third-order valence-electron chi connectivity index (χ3n) is 3.79. The Hall–Kier alpha value is -3.16. The molecule has 1 amide bonds. The third-order valence-corrected chi connectivity index (χ3v) is 3.79. The number of amides is 1. The minimum Gasteiger partial charge on any atom is -0.451 e. The molecule has 0 fully saturated rings. The molecule has 2 heterocycles. The second-order valence-electron chi connectivity index (χ2n) is 6.04. The van der Waals surface area contributed by atoms with Gasteiger partial charge in [-0.3, -0.25) is 4.79 Å². The van der Waals surface area contributed by atoms with E-state index < -0.39 is 0 Å². The fourth-order valence-electron chi connectivity index (χ4n) is 2.49. The molecule has 0 atom stereocenters. The Labute approximate surface area is 145 Å². The number of nitrogens with zero attached hydrogens (tertiary/aromatic N) is 4. The number of anilines is 2. The Morgan fingerprint density at radius 2 is 2.00 bits per heavy atom. The lowest BCUT2D eigenvalue weighted by Gasteiger charge is -2.11. The molecule has 3 rings (SSSR count). The zero-order chi connectivity index (χ0) is 18.1. The molecule has 0 bridgehead atoms. The zero-order valence-electron chi connectivity index (χ0n) is 14.6. The number of furan rings is 1. The topological polar surface area (TPSA) is 110 Å². The lowest BCUT2D eigenvalue weighted by atomic mass is 10.1. The van der Waals surface area contributed by atoms with E-state index in [0.717, 1.165) is 16.5 Å². The molecule has 1 aromatic carbocycles. The number of fused-ring (bicyclic) bond motifs is 1. The highest BCUT2D eigenvalue weighted by Gasteiger charge is 2.18. The Balaban J connectivity index is 1.80. The van der Waals surface area contributed by atoms with Crippen molar-refractivity contribution in [2.75, 3.05) is 24.7 Å². The number of nitrogens with two attached hydrogens (primary N) is 1. The van der Waals surface area contributed by atoms with Crippen LogP contribution in [0.2, 0.25) is 0 Å². The van der Waals surface area contributed by atoms with Crippen molar-refractivity contribution in [3.63, 3.8) is 0 Å². The maximum Gasteiger partial charge on any atom is 0.287 e. The molecular weight excluding hydrogens is 320 g/mol. The first-order valence-electron chi connectivity index (χ1n) is 7.81. The van der Waals surface area contributed by atoms with Crippen molar-refractivity contribution in [2.24, 2.45) is 0 Å². The number of hydrogen-bond donors (Lipinski definition) is 2. The van der Waals surface area contributed by atoms with E-state index in [-0.39, 0.29) is 24.2 Å². The van der Waals surface area contributed by atoms with Gasteiger partial charge in [-0.25, -0.2) is 0 Å². The van der Waals surface area contributed by atoms with Crippen LogP contribution in [0.15, 0.2) is 22.6 Å². The maximum absolute atomic E-state index is 12.5. The molecule has 3 aromatic rings. The Morgan fingerprint density at radius 3 is 2.72 bits per heavy atom. The molecular formula is C17H20N6O2. The van der Waals surface area contributed by atoms with Crippen LogP contribution in [0.4, 0.5) is 11.9 Å². The average Bonchev–Trinajstić information content (AvgIpc) is 2.88. The summed E-state index contributed by atoms with van der Waals surface area (Å²) in [6, 6.07) is 5.86. The molecule has 0 aliphatic carbocycles. The summed E-state index contributed by atoms with van der Waals surface area (Å²) in [7, 11) is 3.60. The predicted octanol–water partition coefficient (Wildman–Crippen LogP) is 1.81. The molecule has 2 aromatic heterocycles. The van der Waals surface area contributed by atoms with Crippen LogP contribution in [0.1, 0.15) is 27.5 Å². The Kier molecular flexibility index (Phi) is 4.26. The molecule has 130 valence electrons. The monoisotopic (exact) mass is 340 g/mol. The molecule has 0 aliphatic rings. The summed E-state index contributed by atoms with van der Waals surface area (Å²) in [5, 5.41) is 3.69. The standard InChI is InChI=1S/C17H20N6O2/c1-9-5-6-11-10(2)14(25-12(11)7-9)15(24)19-8-13-20-16(18)22-17(21-13)23(3)4/h5-7H,8H2,1-4H3,(H,19,24)(H2,18,20,21,22). The summed E-state index contributed by atoms with van der Waals surface area (Å²) in [5.74, 6) is 0.895. The van der Waals surface area contributed by atoms with E-state index >= 15 is 0 Å². The van der Waals surface area contributed by atoms with Crippen molar-refractivity contribution >= 4 is 28.8 Å². The quantitative estimate of drug-likeness (QED) is 0.745. The van der Waals surface area contributed by atoms with Gasteiger partial charge in [0.1, 0.15) is 5.58 Å². The molecule has 8 heteroatoms. The van der Waals surface area contributed by atoms with Gasteiger partial charge in [0.25, 0.3) is 5.91 Å². The number of rotatable bonds is 4. The van der Waals surface area contributed by atoms with Crippen LogP contribution in [-0.4, -0.2) is 35.0 Å². The predicted molar refractivity (Wildman–Crippen MR) is 95.4 cm³/mol. The smallest absolute Gasteiger partial charge is 0.287 e. The van der Waals surface area contributed by atoms with Crippen molar-refractivity contribution in [3.05, 3.63) is 40.9 Å². The van der Waals surface area contributed by atoms with E-state index in [1.807, 2.05) is 32.0 Å². The van der Waals surface area contributed by atoms with E-state index in [1.165, 1.54) is 0 Å². The van der Waals surface area contributed by atoms with Crippen LogP contribution in [0.3, 0.4) is 0 Å². The van der Waals surface area contributed by atoms with Crippen molar-refractivity contribution in [1.29, 1.82) is 0 Å². The van der Waals surface area contributed by atoms with Crippen LogP contribution in [-0.2, 0) is 6.54 Å². The van der Waals surface area contributed by atoms with Gasteiger partial charge in [0, 0.05) is 25.0 Å². The summed E-state index contributed by atoms with van der Waals surface area (Å²) in [6.07, 6.45) is 0. The number of nitrogen functional groups attached to an aromatic ring is 1. The number of aromatic nitrogens is 3. The summed E-state index contributed by atoms with van der Waals surface area (Å²) >= 11 is 0. The van der Waals surface area contributed by atoms with Gasteiger partial charge in [-0.15, -0.1) is 0 Å². The second kappa shape index (κ2) is 6.39. The van der Waals surface area contributed by atoms with Gasteiger partial charge in [-0.05, 0) is 25.5 Å². The molecule has 3 N–H and O–H groups in total. The van der Waals surface area contributed by atoms with Crippen LogP contribution in [0.5, 0.6) is 0 Å². The molecule has 0 radical (unpaired) electrons. The van der Waals surface area contributed by atoms with E-state index in [0.29, 0.717) is 17.4 Å². The van der Waals surface area contributed by atoms with Gasteiger partial charge in [0.15, 0.2) is 11.6 Å². The Bertz CT molecular complexity index is 948. The highest BCUT2D eigenvalue weighted by molar-refractivity contribution is 5.98. The van der Waals surface area contributed by atoms with Gasteiger partial charge in [0.2, 0.25) is 11.9 Å². The van der Waals surface area contributed by atoms with E-state index in [9.17, 15) is 4.79 Å². The van der Waals surface area contributed by atoms with Gasteiger partial charge >= 0.3 is 0 Å². The van der Waals surface area contributed by atoms with Crippen molar-refractivity contribution < 1.29 is 9.21 Å². The lowest BCUT2D eigenvalue weighted by molar-refractivity contribution is 0.0923. The van der Waals surface area contributed by atoms with Crippen molar-refractivity contribution in [3.8, 4) is 0 Å². The normalized spacial score (nSPS) is 10.9. The van der Waals surface area contributed by atoms with Gasteiger partial charge in [-0.1, -0.05) is 12.1 Å². The van der Waals surface area contributed by atoms with Gasteiger partial charge in [-0.2, -0.15) is 15.0 Å². The summed E-state index contributed by atoms with van der Waals surface area (Å²) in [4.78, 5) is 26.5. The summed E-state index contributed by atoms with van der Waals surface area (Å²) < 4.78 is 5.72. The number of aryl methyl sites for hydroxylation is 2. The highest BCUT2D eigenvalue weighted by Crippen LogP contribution is 2.26. The SMILES string of the molecule is Cc1ccc2c(C)c(C(=O)NCc3nc(N)nc(N(C)C)n3)oc2c1. The minimum absolute atomic E-state index is 0.110. The fourth-order valence-corrected chi connectivity index (χ4v) is 2.49. The summed E-state index contributed by atoms with van der Waals surface area (Å²) in [6.45, 7) is 3.97. The number of carbonyl (C=O) groups is 1. The average molecular weight is 340 g/mol. The number of benzene rings is 1. The number of nitrogens with one attached hydrogen (secondary N) is 1. The molecule has 0 aliphatic heterocycles. The van der Waals surface area contributed by atoms with Gasteiger partial charge < -0.3 is 20.4 Å². The first-order chi connectivity index (χ1) is 11.8. The molecule has 0 saturated carbocycles. The molecule has 0 unspecified atom stereocenters. The third kappa shape index (κ3) is 3.37. The largest absolute Gasteiger partial charge is 0.451 e. The number of hydrogen-bond acceptors (Lipinski definition) is 7. The van der Waals surface area contributed by atoms with E-state index in [1.54, 1.807) is 19.0 Å². The maximum atomic E-state index is 12.5. The fraction of sp³-hybridized carbons (Fsp3) is 0.294. The van der Waals surface area contributed by atoms with Crippen LogP contribution in [0, 0.1) is 13.8 Å². The lowest BCUT2D eigenvalue weighted by Crippen LogP contribution is -2.25. The van der Waals surface area contributed by atoms with E-state index in [4.69, 9.17) is 10.2 Å². The molecule has 8 nitrogen and oxygen atoms in total. The minimum atomic E-state index is -0.322. The zero-order valence-corrected chi connectivity index (χ0v) is 14.6. The van der Waals surface area contributed by atoms with Crippen molar-refractivity contribution in [1.82, 2.24) is 20.3 Å². The Morgan fingerprint density at radius 1 is 1.24 bits per heavy atom. The molecule has 0 saturated heterocycles. The first kappa shape index (κ1) is 16.7. The van der Waals surface area contributed by atoms with Crippen molar-refractivity contribution in [2.45, 2.75) is 20.4 Å². The van der Waals surface area contributed by atoms with Crippen LogP contribution < -0.4 is 16.0 Å². The first-order valence-corrected chi connectivity index (χ1v) is 7.81. The number of carbonyl (C=O) groups excluding carboxylic acids is 1. The molecule has 25 heavy (non-hydrogen) atoms. The highest BCUT2D eigenvalue weighted by atomic mass is 16.3. The summed E-state index contributed by atoms with van der Waals surface area (Å²) in [5.41, 5.74) is 8.26. The van der Waals surface area contributed by atoms with Crippen LogP contribution >= 0.6 is 0 Å². The van der Waals surface area contributed by atoms with Gasteiger partial charge in [0.05, 0.1) is 6.54 Å². The second-order valence-corrected chi connectivity index (χ2v) is 6.04. The molecule has 0 spiro atoms.